The molecule has 1 saturated heterocycles. The number of amides is 1. The number of nitrogens with two attached hydrogens (primary N) is 1. The number of H-pyrrole nitrogens is 1. The van der Waals surface area contributed by atoms with Gasteiger partial charge in [0.15, 0.2) is 0 Å². The molecule has 11 heteroatoms. The molecule has 2 aromatic rings. The molecule has 1 aliphatic rings. The highest BCUT2D eigenvalue weighted by molar-refractivity contribution is 7.98. The molecule has 150 valence electrons. The molecular formula is C16H24ClN5O3S2. The maximum Gasteiger partial charge on any atom is 0.245 e. The minimum atomic E-state index is -3.64. The van der Waals surface area contributed by atoms with Gasteiger partial charge in [-0.15, -0.1) is 12.4 Å². The number of aromatic amines is 1. The molecule has 0 bridgehead atoms. The molecule has 0 aromatic carbocycles. The first-order valence-electron chi connectivity index (χ1n) is 8.40. The second-order valence-corrected chi connectivity index (χ2v) is 9.06. The topological polar surface area (TPSA) is 112 Å². The van der Waals surface area contributed by atoms with E-state index in [4.69, 9.17) is 5.73 Å². The number of aromatic nitrogens is 2. The van der Waals surface area contributed by atoms with Gasteiger partial charge in [0.1, 0.15) is 10.5 Å². The minimum Gasteiger partial charge on any atom is -0.345 e. The first kappa shape index (κ1) is 22.0. The van der Waals surface area contributed by atoms with Crippen molar-refractivity contribution in [3.05, 3.63) is 24.5 Å². The predicted molar refractivity (Wildman–Crippen MR) is 110 cm³/mol. The summed E-state index contributed by atoms with van der Waals surface area (Å²) < 4.78 is 27.3. The summed E-state index contributed by atoms with van der Waals surface area (Å²) in [7, 11) is -3.64. The zero-order valence-corrected chi connectivity index (χ0v) is 17.4. The lowest BCUT2D eigenvalue weighted by molar-refractivity contribution is -0.133. The average Bonchev–Trinajstić information content (AvgIpc) is 3.10. The van der Waals surface area contributed by atoms with Crippen molar-refractivity contribution in [3.63, 3.8) is 0 Å². The van der Waals surface area contributed by atoms with Crippen LogP contribution >= 0.6 is 24.2 Å². The fraction of sp³-hybridized carbons (Fsp3) is 0.500. The van der Waals surface area contributed by atoms with E-state index in [1.165, 1.54) is 10.5 Å². The standard InChI is InChI=1S/C16H23N5O3S2.ClH/c1-25-10-4-13(17)16(22)20-6-8-21(9-7-20)26(23,24)14-11-19-15-12(14)3-2-5-18-15;/h2-3,5,11,13H,4,6-10,17H2,1H3,(H,18,19);1H/t13-;/m0./s1. The third kappa shape index (κ3) is 4.57. The molecule has 3 rings (SSSR count). The molecule has 1 atom stereocenters. The van der Waals surface area contributed by atoms with Crippen LogP contribution < -0.4 is 5.73 Å². The first-order valence-corrected chi connectivity index (χ1v) is 11.2. The molecule has 0 unspecified atom stereocenters. The number of carbonyl (C=O) groups excluding carboxylic acids is 1. The molecule has 0 radical (unpaired) electrons. The lowest BCUT2D eigenvalue weighted by Gasteiger charge is -2.35. The van der Waals surface area contributed by atoms with Gasteiger partial charge in [-0.25, -0.2) is 13.4 Å². The van der Waals surface area contributed by atoms with Crippen LogP contribution in [0.2, 0.25) is 0 Å². The van der Waals surface area contributed by atoms with Crippen molar-refractivity contribution in [1.29, 1.82) is 0 Å². The number of fused-ring (bicyclic) bond motifs is 1. The molecule has 27 heavy (non-hydrogen) atoms. The quantitative estimate of drug-likeness (QED) is 0.699. The van der Waals surface area contributed by atoms with Crippen molar-refractivity contribution in [2.24, 2.45) is 5.73 Å². The van der Waals surface area contributed by atoms with Crippen LogP contribution in [0, 0.1) is 0 Å². The normalized spacial score (nSPS) is 16.9. The van der Waals surface area contributed by atoms with E-state index in [0.717, 1.165) is 5.75 Å². The highest BCUT2D eigenvalue weighted by Gasteiger charge is 2.32. The largest absolute Gasteiger partial charge is 0.345 e. The zero-order valence-electron chi connectivity index (χ0n) is 15.0. The van der Waals surface area contributed by atoms with E-state index in [-0.39, 0.29) is 36.3 Å². The molecule has 3 N–H and O–H groups in total. The Morgan fingerprint density at radius 3 is 2.74 bits per heavy atom. The second kappa shape index (κ2) is 9.24. The summed E-state index contributed by atoms with van der Waals surface area (Å²) in [6, 6.07) is 2.92. The molecule has 1 fully saturated rings. The molecule has 3 heterocycles. The van der Waals surface area contributed by atoms with E-state index in [0.29, 0.717) is 30.5 Å². The number of nitrogens with one attached hydrogen (secondary N) is 1. The van der Waals surface area contributed by atoms with Crippen molar-refractivity contribution in [2.45, 2.75) is 17.4 Å². The van der Waals surface area contributed by atoms with E-state index in [9.17, 15) is 13.2 Å². The Morgan fingerprint density at radius 2 is 2.07 bits per heavy atom. The van der Waals surface area contributed by atoms with Gasteiger partial charge in [0.05, 0.1) is 6.04 Å². The fourth-order valence-corrected chi connectivity index (χ4v) is 5.10. The van der Waals surface area contributed by atoms with Gasteiger partial charge < -0.3 is 15.6 Å². The van der Waals surface area contributed by atoms with Gasteiger partial charge in [-0.05, 0) is 30.6 Å². The van der Waals surface area contributed by atoms with Crippen LogP contribution in [-0.4, -0.2) is 77.7 Å². The third-order valence-electron chi connectivity index (χ3n) is 4.53. The molecule has 1 aliphatic heterocycles. The van der Waals surface area contributed by atoms with E-state index in [2.05, 4.69) is 9.97 Å². The van der Waals surface area contributed by atoms with Crippen molar-refractivity contribution in [3.8, 4) is 0 Å². The van der Waals surface area contributed by atoms with Crippen molar-refractivity contribution in [1.82, 2.24) is 19.2 Å². The number of rotatable bonds is 6. The van der Waals surface area contributed by atoms with Crippen LogP contribution in [0.4, 0.5) is 0 Å². The highest BCUT2D eigenvalue weighted by atomic mass is 35.5. The summed E-state index contributed by atoms with van der Waals surface area (Å²) in [4.78, 5) is 21.3. The summed E-state index contributed by atoms with van der Waals surface area (Å²) in [5.41, 5.74) is 6.49. The Kier molecular flexibility index (Phi) is 7.52. The number of thioether (sulfide) groups is 1. The van der Waals surface area contributed by atoms with Gasteiger partial charge in [0.2, 0.25) is 15.9 Å². The van der Waals surface area contributed by atoms with Gasteiger partial charge in [-0.3, -0.25) is 4.79 Å². The summed E-state index contributed by atoms with van der Waals surface area (Å²) in [6.07, 6.45) is 5.69. The van der Waals surface area contributed by atoms with Crippen LogP contribution in [-0.2, 0) is 14.8 Å². The maximum absolute atomic E-state index is 13.0. The zero-order chi connectivity index (χ0) is 18.7. The maximum atomic E-state index is 13.0. The van der Waals surface area contributed by atoms with Gasteiger partial charge in [0, 0.05) is 44.0 Å². The number of piperazine rings is 1. The Bertz CT molecular complexity index is 881. The van der Waals surface area contributed by atoms with Crippen LogP contribution in [0.25, 0.3) is 11.0 Å². The Morgan fingerprint density at radius 1 is 1.37 bits per heavy atom. The molecule has 1 amide bonds. The number of pyridine rings is 1. The van der Waals surface area contributed by atoms with Crippen molar-refractivity contribution >= 4 is 51.1 Å². The van der Waals surface area contributed by atoms with Crippen molar-refractivity contribution in [2.75, 3.05) is 38.2 Å². The lowest BCUT2D eigenvalue weighted by Crippen LogP contribution is -2.54. The minimum absolute atomic E-state index is 0. The van der Waals surface area contributed by atoms with Gasteiger partial charge in [-0.1, -0.05) is 0 Å². The molecular weight excluding hydrogens is 410 g/mol. The van der Waals surface area contributed by atoms with E-state index in [1.807, 2.05) is 6.26 Å². The molecule has 0 saturated carbocycles. The second-order valence-electron chi connectivity index (χ2n) is 6.17. The van der Waals surface area contributed by atoms with Crippen LogP contribution in [0.15, 0.2) is 29.4 Å². The van der Waals surface area contributed by atoms with Gasteiger partial charge in [-0.2, -0.15) is 16.1 Å². The number of halogens is 1. The van der Waals surface area contributed by atoms with Crippen LogP contribution in [0.5, 0.6) is 0 Å². The molecule has 2 aromatic heterocycles. The summed E-state index contributed by atoms with van der Waals surface area (Å²) in [6.45, 7) is 1.23. The van der Waals surface area contributed by atoms with Gasteiger partial charge in [0.25, 0.3) is 0 Å². The van der Waals surface area contributed by atoms with Crippen LogP contribution in [0.3, 0.4) is 0 Å². The first-order chi connectivity index (χ1) is 12.4. The van der Waals surface area contributed by atoms with Crippen molar-refractivity contribution < 1.29 is 13.2 Å². The summed E-state index contributed by atoms with van der Waals surface area (Å²) in [5, 5.41) is 0.574. The van der Waals surface area contributed by atoms with E-state index >= 15 is 0 Å². The SMILES string of the molecule is CSCC[C@H](N)C(=O)N1CCN(S(=O)(=O)c2c[nH]c3ncccc23)CC1.Cl. The Labute approximate surface area is 169 Å². The number of sulfonamides is 1. The third-order valence-corrected chi connectivity index (χ3v) is 7.11. The number of carbonyl (C=O) groups is 1. The molecule has 8 nitrogen and oxygen atoms in total. The van der Waals surface area contributed by atoms with Gasteiger partial charge >= 0.3 is 0 Å². The van der Waals surface area contributed by atoms with E-state index < -0.39 is 16.1 Å². The lowest BCUT2D eigenvalue weighted by atomic mass is 10.2. The average molecular weight is 434 g/mol. The number of hydrogen-bond donors (Lipinski definition) is 2. The highest BCUT2D eigenvalue weighted by Crippen LogP contribution is 2.25. The number of hydrogen-bond acceptors (Lipinski definition) is 6. The molecule has 0 aliphatic carbocycles. The molecule has 0 spiro atoms. The van der Waals surface area contributed by atoms with E-state index in [1.54, 1.807) is 35.0 Å². The number of nitrogens with zero attached hydrogens (tertiary/aromatic N) is 3. The summed E-state index contributed by atoms with van der Waals surface area (Å²) >= 11 is 1.65. The fourth-order valence-electron chi connectivity index (χ4n) is 3.03. The Hall–Kier alpha value is -1.33. The Balaban J connectivity index is 0.00000261. The summed E-state index contributed by atoms with van der Waals surface area (Å²) in [5.74, 6) is 0.725. The predicted octanol–water partition coefficient (Wildman–Crippen LogP) is 0.898. The monoisotopic (exact) mass is 433 g/mol. The van der Waals surface area contributed by atoms with Crippen LogP contribution in [0.1, 0.15) is 6.42 Å². The smallest absolute Gasteiger partial charge is 0.245 e.